The smallest absolute Gasteiger partial charge is 0.408 e. The molecule has 0 fully saturated rings. The van der Waals surface area contributed by atoms with E-state index in [-0.39, 0.29) is 25.9 Å². The Bertz CT molecular complexity index is 626. The molecule has 148 valence electrons. The van der Waals surface area contributed by atoms with Crippen molar-refractivity contribution in [2.75, 3.05) is 5.75 Å². The van der Waals surface area contributed by atoms with Gasteiger partial charge in [0.15, 0.2) is 0 Å². The minimum atomic E-state index is -1.20. The Morgan fingerprint density at radius 3 is 2.41 bits per heavy atom. The number of carbonyl (C=O) groups is 4. The van der Waals surface area contributed by atoms with E-state index in [9.17, 15) is 24.3 Å². The van der Waals surface area contributed by atoms with Crippen LogP contribution in [0.1, 0.15) is 31.2 Å². The topological polar surface area (TPSA) is 122 Å². The van der Waals surface area contributed by atoms with Crippen LogP contribution in [0, 0.1) is 0 Å². The second kappa shape index (κ2) is 12.7. The number of rotatable bonds is 12. The van der Waals surface area contributed by atoms with Crippen molar-refractivity contribution < 1.29 is 29.0 Å². The maximum Gasteiger partial charge on any atom is 0.408 e. The first-order valence-corrected chi connectivity index (χ1v) is 9.16. The Morgan fingerprint density at radius 1 is 1.11 bits per heavy atom. The molecule has 3 N–H and O–H groups in total. The van der Waals surface area contributed by atoms with E-state index in [1.54, 1.807) is 12.1 Å². The molecule has 0 aliphatic rings. The SMILES string of the molecule is O=CCCC[C@@H](NC(=O)[C@H](CCS)NC(=O)OCc1ccccc1)C(=O)O. The molecular weight excluding hydrogens is 372 g/mol. The lowest BCUT2D eigenvalue weighted by atomic mass is 10.1. The number of hydrogen-bond donors (Lipinski definition) is 4. The summed E-state index contributed by atoms with van der Waals surface area (Å²) >= 11 is 4.06. The fourth-order valence-corrected chi connectivity index (χ4v) is 2.50. The quantitative estimate of drug-likeness (QED) is 0.242. The predicted molar refractivity (Wildman–Crippen MR) is 102 cm³/mol. The van der Waals surface area contributed by atoms with Crippen LogP contribution in [0.5, 0.6) is 0 Å². The lowest BCUT2D eigenvalue weighted by Crippen LogP contribution is -2.51. The molecule has 0 unspecified atom stereocenters. The molecule has 9 heteroatoms. The van der Waals surface area contributed by atoms with Crippen LogP contribution in [-0.4, -0.2) is 47.2 Å². The summed E-state index contributed by atoms with van der Waals surface area (Å²) in [5.74, 6) is -1.54. The number of carboxylic acids is 1. The van der Waals surface area contributed by atoms with Gasteiger partial charge in [-0.2, -0.15) is 12.6 Å². The van der Waals surface area contributed by atoms with Crippen LogP contribution in [-0.2, 0) is 25.7 Å². The van der Waals surface area contributed by atoms with Crippen molar-refractivity contribution in [3.63, 3.8) is 0 Å². The predicted octanol–water partition coefficient (Wildman–Crippen LogP) is 1.54. The van der Waals surface area contributed by atoms with Gasteiger partial charge in [0, 0.05) is 6.42 Å². The highest BCUT2D eigenvalue weighted by molar-refractivity contribution is 7.80. The van der Waals surface area contributed by atoms with E-state index in [4.69, 9.17) is 4.74 Å². The van der Waals surface area contributed by atoms with Gasteiger partial charge in [-0.1, -0.05) is 30.3 Å². The van der Waals surface area contributed by atoms with Crippen molar-refractivity contribution in [3.05, 3.63) is 35.9 Å². The number of carbonyl (C=O) groups excluding carboxylic acids is 3. The second-order valence-corrected chi connectivity index (χ2v) is 6.22. The van der Waals surface area contributed by atoms with Crippen LogP contribution in [0.15, 0.2) is 30.3 Å². The zero-order valence-corrected chi connectivity index (χ0v) is 15.7. The molecule has 1 rings (SSSR count). The highest BCUT2D eigenvalue weighted by Crippen LogP contribution is 2.04. The van der Waals surface area contributed by atoms with Gasteiger partial charge in [-0.05, 0) is 30.6 Å². The Kier molecular flexibility index (Phi) is 10.6. The average molecular weight is 396 g/mol. The first kappa shape index (κ1) is 22.5. The molecule has 0 bridgehead atoms. The molecule has 0 aromatic heterocycles. The van der Waals surface area contributed by atoms with E-state index < -0.39 is 30.1 Å². The molecule has 0 aliphatic carbocycles. The Labute approximate surface area is 163 Å². The summed E-state index contributed by atoms with van der Waals surface area (Å²) in [6, 6.07) is 6.93. The van der Waals surface area contributed by atoms with Gasteiger partial charge in [-0.25, -0.2) is 9.59 Å². The molecule has 0 radical (unpaired) electrons. The van der Waals surface area contributed by atoms with Crippen LogP contribution in [0.25, 0.3) is 0 Å². The molecule has 1 aromatic rings. The molecule has 2 amide bonds. The van der Waals surface area contributed by atoms with Crippen molar-refractivity contribution in [1.82, 2.24) is 10.6 Å². The number of alkyl carbamates (subject to hydrolysis) is 1. The third-order valence-electron chi connectivity index (χ3n) is 3.67. The monoisotopic (exact) mass is 396 g/mol. The molecule has 0 heterocycles. The number of nitrogens with one attached hydrogen (secondary N) is 2. The Balaban J connectivity index is 2.58. The van der Waals surface area contributed by atoms with Crippen LogP contribution in [0.2, 0.25) is 0 Å². The largest absolute Gasteiger partial charge is 0.480 e. The van der Waals surface area contributed by atoms with Gasteiger partial charge in [0.25, 0.3) is 0 Å². The third kappa shape index (κ3) is 9.09. The first-order valence-electron chi connectivity index (χ1n) is 8.52. The van der Waals surface area contributed by atoms with Gasteiger partial charge in [0.2, 0.25) is 5.91 Å². The molecule has 2 atom stereocenters. The van der Waals surface area contributed by atoms with Crippen LogP contribution in [0.4, 0.5) is 4.79 Å². The maximum absolute atomic E-state index is 12.3. The molecule has 8 nitrogen and oxygen atoms in total. The fourth-order valence-electron chi connectivity index (χ4n) is 2.24. The van der Waals surface area contributed by atoms with Crippen molar-refractivity contribution in [3.8, 4) is 0 Å². The zero-order valence-electron chi connectivity index (χ0n) is 14.8. The lowest BCUT2D eigenvalue weighted by molar-refractivity contribution is -0.142. The minimum Gasteiger partial charge on any atom is -0.480 e. The van der Waals surface area contributed by atoms with Crippen molar-refractivity contribution in [2.45, 2.75) is 44.4 Å². The highest BCUT2D eigenvalue weighted by atomic mass is 32.1. The van der Waals surface area contributed by atoms with Gasteiger partial charge >= 0.3 is 12.1 Å². The third-order valence-corrected chi connectivity index (χ3v) is 3.93. The Morgan fingerprint density at radius 2 is 1.81 bits per heavy atom. The molecule has 0 saturated heterocycles. The number of ether oxygens (including phenoxy) is 1. The van der Waals surface area contributed by atoms with Crippen molar-refractivity contribution >= 4 is 36.9 Å². The number of carboxylic acid groups (broad SMARTS) is 1. The fraction of sp³-hybridized carbons (Fsp3) is 0.444. The summed E-state index contributed by atoms with van der Waals surface area (Å²) in [4.78, 5) is 45.9. The standard InChI is InChI=1S/C18H24N2O6S/c21-10-5-4-8-15(17(23)24)19-16(22)14(9-11-27)20-18(25)26-12-13-6-2-1-3-7-13/h1-3,6-7,10,14-15,27H,4-5,8-9,11-12H2,(H,19,22)(H,20,25)(H,23,24)/t14-,15+/m0/s1. The normalized spacial score (nSPS) is 12.5. The van der Waals surface area contributed by atoms with E-state index in [1.807, 2.05) is 18.2 Å². The van der Waals surface area contributed by atoms with E-state index in [0.29, 0.717) is 18.5 Å². The summed E-state index contributed by atoms with van der Waals surface area (Å²) in [5, 5.41) is 14.0. The number of aliphatic carboxylic acids is 1. The molecule has 0 spiro atoms. The van der Waals surface area contributed by atoms with Gasteiger partial charge in [-0.15, -0.1) is 0 Å². The first-order chi connectivity index (χ1) is 13.0. The van der Waals surface area contributed by atoms with Crippen molar-refractivity contribution in [2.24, 2.45) is 0 Å². The van der Waals surface area contributed by atoms with E-state index in [0.717, 1.165) is 5.56 Å². The highest BCUT2D eigenvalue weighted by Gasteiger charge is 2.26. The van der Waals surface area contributed by atoms with Gasteiger partial charge in [-0.3, -0.25) is 4.79 Å². The van der Waals surface area contributed by atoms with Crippen LogP contribution < -0.4 is 10.6 Å². The summed E-state index contributed by atoms with van der Waals surface area (Å²) in [7, 11) is 0. The number of thiol groups is 1. The summed E-state index contributed by atoms with van der Waals surface area (Å²) < 4.78 is 5.08. The number of benzene rings is 1. The molecular formula is C18H24N2O6S. The lowest BCUT2D eigenvalue weighted by Gasteiger charge is -2.20. The summed E-state index contributed by atoms with van der Waals surface area (Å²) in [6.07, 6.45) is 0.777. The van der Waals surface area contributed by atoms with E-state index in [2.05, 4.69) is 23.3 Å². The number of hydrogen-bond acceptors (Lipinski definition) is 6. The molecule has 27 heavy (non-hydrogen) atoms. The van der Waals surface area contributed by atoms with Gasteiger partial charge in [0.05, 0.1) is 0 Å². The molecule has 0 saturated carbocycles. The number of aldehydes is 1. The molecule has 0 aliphatic heterocycles. The maximum atomic E-state index is 12.3. The molecule has 1 aromatic carbocycles. The van der Waals surface area contributed by atoms with Gasteiger partial charge < -0.3 is 25.3 Å². The van der Waals surface area contributed by atoms with E-state index >= 15 is 0 Å². The zero-order chi connectivity index (χ0) is 20.1. The summed E-state index contributed by atoms with van der Waals surface area (Å²) in [5.41, 5.74) is 0.795. The van der Waals surface area contributed by atoms with E-state index in [1.165, 1.54) is 0 Å². The summed E-state index contributed by atoms with van der Waals surface area (Å²) in [6.45, 7) is 0.0470. The van der Waals surface area contributed by atoms with Gasteiger partial charge in [0.1, 0.15) is 25.0 Å². The van der Waals surface area contributed by atoms with Crippen LogP contribution in [0.3, 0.4) is 0 Å². The average Bonchev–Trinajstić information content (AvgIpc) is 2.66. The van der Waals surface area contributed by atoms with Crippen molar-refractivity contribution in [1.29, 1.82) is 0 Å². The number of unbranched alkanes of at least 4 members (excludes halogenated alkanes) is 1. The number of amides is 2. The Hall–Kier alpha value is -2.55. The minimum absolute atomic E-state index is 0.0470. The van der Waals surface area contributed by atoms with Crippen LogP contribution >= 0.6 is 12.6 Å². The second-order valence-electron chi connectivity index (χ2n) is 5.77.